The van der Waals surface area contributed by atoms with Crippen molar-refractivity contribution in [3.05, 3.63) is 293 Å². The van der Waals surface area contributed by atoms with Crippen molar-refractivity contribution < 1.29 is 109 Å². The van der Waals surface area contributed by atoms with Gasteiger partial charge in [-0.25, -0.2) is 40.7 Å². The minimum Gasteiger partial charge on any atom is -0.870 e. The number of nitrogens with one attached hydrogen (secondary N) is 1. The largest absolute Gasteiger partial charge is 1.00 e. The van der Waals surface area contributed by atoms with E-state index in [1.165, 1.54) is 79.1 Å². The van der Waals surface area contributed by atoms with Crippen LogP contribution in [0.3, 0.4) is 0 Å². The molecule has 0 aliphatic carbocycles. The molecule has 121 heavy (non-hydrogen) atoms. The monoisotopic (exact) mass is 1800 g/mol. The summed E-state index contributed by atoms with van der Waals surface area (Å²) in [6.45, 7) is 17.9. The number of amides is 1. The number of aromatic nitrogens is 13. The summed E-state index contributed by atoms with van der Waals surface area (Å²) in [6.07, 6.45) is 32.1. The average molecular weight is 1800 g/mol. The topological polar surface area (TPSA) is 430 Å². The van der Waals surface area contributed by atoms with E-state index in [-0.39, 0.29) is 124 Å². The number of oxime groups is 1. The van der Waals surface area contributed by atoms with Crippen LogP contribution in [0.4, 0.5) is 37.7 Å². The fraction of sp³-hybridized carbons (Fsp3) is 0.150. The van der Waals surface area contributed by atoms with Crippen LogP contribution in [-0.2, 0) is 27.4 Å². The van der Waals surface area contributed by atoms with Crippen LogP contribution in [0.2, 0.25) is 39.3 Å². The van der Waals surface area contributed by atoms with Gasteiger partial charge in [0.2, 0.25) is 0 Å². The molecule has 1 amide bonds. The minimum absolute atomic E-state index is 0. The first-order valence-corrected chi connectivity index (χ1v) is 42.3. The van der Waals surface area contributed by atoms with Gasteiger partial charge in [0, 0.05) is 67.8 Å². The molecule has 0 aliphatic rings. The van der Waals surface area contributed by atoms with E-state index in [1.54, 1.807) is 55.4 Å². The number of benzene rings is 2. The number of rotatable bonds is 14. The Kier molecular flexibility index (Phi) is 48.5. The van der Waals surface area contributed by atoms with E-state index in [0.29, 0.717) is 28.0 Å². The number of carbonyl (C=O) groups excluding carboxylic acids is 3. The molecule has 0 bridgehead atoms. The fourth-order valence-corrected chi connectivity index (χ4v) is 8.76. The van der Waals surface area contributed by atoms with Crippen molar-refractivity contribution in [3.8, 4) is 69.7 Å². The molecule has 8 N–H and O–H groups in total. The van der Waals surface area contributed by atoms with Gasteiger partial charge in [0.25, 0.3) is 11.1 Å². The number of carboxylic acid groups (broad SMARTS) is 1. The Morgan fingerprint density at radius 1 is 0.570 bits per heavy atom. The molecule has 0 atom stereocenters. The van der Waals surface area contributed by atoms with Gasteiger partial charge in [-0.15, -0.1) is 36.3 Å². The third-order valence-corrected chi connectivity index (χ3v) is 16.1. The Morgan fingerprint density at radius 3 is 1.33 bits per heavy atom. The molecule has 11 heterocycles. The molecular weight excluding hydrogens is 1720 g/mol. The zero-order valence-electron chi connectivity index (χ0n) is 66.0. The van der Waals surface area contributed by atoms with Gasteiger partial charge in [0.1, 0.15) is 16.1 Å². The molecule has 0 spiro atoms. The van der Waals surface area contributed by atoms with Crippen molar-refractivity contribution in [2.45, 2.75) is 66.2 Å². The van der Waals surface area contributed by atoms with Crippen LogP contribution < -0.4 is 29.9 Å². The fourth-order valence-electron chi connectivity index (χ4n) is 7.97. The normalized spacial score (nSPS) is 9.88. The van der Waals surface area contributed by atoms with Crippen molar-refractivity contribution in [1.29, 1.82) is 0 Å². The molecule has 0 unspecified atom stereocenters. The zero-order valence-corrected chi connectivity index (χ0v) is 71.1. The molecular formula is C80H78BrCl2F6LiN16O13Si2. The van der Waals surface area contributed by atoms with E-state index in [4.69, 9.17) is 58.8 Å². The van der Waals surface area contributed by atoms with Gasteiger partial charge in [-0.1, -0.05) is 144 Å². The number of aromatic carboxylic acids is 1. The van der Waals surface area contributed by atoms with Crippen molar-refractivity contribution >= 4 is 96.4 Å². The molecule has 0 radical (unpaired) electrons. The number of halogens is 9. The molecule has 13 aromatic rings. The van der Waals surface area contributed by atoms with Gasteiger partial charge in [0.05, 0.1) is 120 Å². The van der Waals surface area contributed by atoms with Crippen molar-refractivity contribution in [2.75, 3.05) is 24.3 Å². The van der Waals surface area contributed by atoms with Gasteiger partial charge >= 0.3 is 36.8 Å². The van der Waals surface area contributed by atoms with Crippen LogP contribution in [0.5, 0.6) is 0 Å². The second kappa shape index (κ2) is 55.5. The molecule has 0 saturated heterocycles. The van der Waals surface area contributed by atoms with Gasteiger partial charge in [-0.3, -0.25) is 44.1 Å². The second-order valence-corrected chi connectivity index (χ2v) is 35.5. The summed E-state index contributed by atoms with van der Waals surface area (Å²) in [5.74, 6) is -0.507. The van der Waals surface area contributed by atoms with E-state index in [1.807, 2.05) is 59.4 Å². The van der Waals surface area contributed by atoms with E-state index in [9.17, 15) is 45.5 Å². The van der Waals surface area contributed by atoms with E-state index >= 15 is 0 Å². The quantitative estimate of drug-likeness (QED) is 0.0149. The predicted molar refractivity (Wildman–Crippen MR) is 445 cm³/mol. The number of hydrogen-bond acceptors (Lipinski definition) is 24. The maximum atomic E-state index is 13.8. The van der Waals surface area contributed by atoms with Crippen LogP contribution in [0.1, 0.15) is 67.6 Å². The summed E-state index contributed by atoms with van der Waals surface area (Å²) in [5.41, 5.74) is 15.9. The summed E-state index contributed by atoms with van der Waals surface area (Å²) in [6, 6.07) is 32.7. The standard InChI is InChI=1S/C19H14FN5O2.C11H9FN2O3.C10H12FNSi.C10H11N3.C9H5FN2O3.C7H4FN.C5H3BrFN.C5H10Si.C4H6ClNO3.ClH.Li.2H2O/c20-16-10-21-7-6-15(16)18-8-17(24-27-18)19(26)23-14-9-22-25(12-14)11-13-4-2-1-3-5-13;1-2-16-11(15)9-5-10(17-14-9)7-3-4-13-6-8(7)12;1-13(2,3)7-5-9-4-6-12-8-10(9)11;11-10-6-12-13(8-10)7-9-4-2-1-3-5-9;10-6-4-11-2-1-5(6)8-3-7(9(13)14)12-15-8;1-2-6-3-4-9-5-7(6)8;6-4-1-2-8-3-5(4)7;1-5-6(2,3)4;1-2-9-4(7)3(5)6-8;;;;/h1-10,12H,11H2,(H,23,26);3-6H,2H2,1H3;4,6,8H,1-3H3;1-6,8H,7,11H2;1-4H,(H,13,14);1,3-5H;1-3H;1H,2-4H3;8H,2H2,1H3;1H;;2*1H2/q;;;;;;;;;;+1;;/p-1/b;;;;;;;;6-3-;;;;. The number of hydrogen-bond donors (Lipinski definition) is 4. The molecule has 41 heteroatoms. The van der Waals surface area contributed by atoms with Gasteiger partial charge in [0.15, 0.2) is 69.3 Å². The average Bonchev–Trinajstić information content (AvgIpc) is 1.71. The Hall–Kier alpha value is -13.2. The third-order valence-electron chi connectivity index (χ3n) is 13.5. The van der Waals surface area contributed by atoms with E-state index in [0.717, 1.165) is 49.2 Å². The van der Waals surface area contributed by atoms with Crippen LogP contribution >= 0.6 is 39.9 Å². The number of anilines is 2. The molecule has 0 fully saturated rings. The van der Waals surface area contributed by atoms with Crippen LogP contribution in [0.15, 0.2) is 238 Å². The SMILES string of the molecule is C#C[Si](C)(C)C.C#Cc1ccncc1F.CCOC(=O)/C(Cl)=N/O.CCOC(=O)c1cc(-c2ccncc2F)on1.C[Si](C)(C)C#Cc1ccncc1F.Cl.Fc1cnccc1Br.Nc1cnn(Cc2ccccc2)c1.O.O=C(Nc1cnn(Cc2ccccc2)c1)c1cc(-c2ccncc2F)on1.O=C(O)c1cc(-c2ccncc2F)on1.[Li+].[OH-]. The smallest absolute Gasteiger partial charge is 0.870 e. The number of nitrogens with two attached hydrogens (primary N) is 1. The van der Waals surface area contributed by atoms with Crippen molar-refractivity contribution in [3.63, 3.8) is 0 Å². The van der Waals surface area contributed by atoms with Gasteiger partial charge in [-0.2, -0.15) is 10.2 Å². The predicted octanol–water partition coefficient (Wildman–Crippen LogP) is 12.6. The molecule has 0 saturated carbocycles. The van der Waals surface area contributed by atoms with Crippen LogP contribution in [0.25, 0.3) is 34.0 Å². The maximum absolute atomic E-state index is 13.8. The molecule has 0 aliphatic heterocycles. The number of terminal acetylenes is 2. The number of pyridine rings is 6. The van der Waals surface area contributed by atoms with Crippen molar-refractivity contribution in [2.24, 2.45) is 5.16 Å². The number of esters is 2. The number of carboxylic acids is 1. The van der Waals surface area contributed by atoms with Gasteiger partial charge in [-0.05, 0) is 77.3 Å². The van der Waals surface area contributed by atoms with Crippen molar-refractivity contribution in [1.82, 2.24) is 64.9 Å². The molecule has 2 aromatic carbocycles. The van der Waals surface area contributed by atoms with E-state index < -0.39 is 68.4 Å². The summed E-state index contributed by atoms with van der Waals surface area (Å²) in [7, 11) is -2.51. The van der Waals surface area contributed by atoms with Crippen LogP contribution in [-0.4, -0.2) is 145 Å². The van der Waals surface area contributed by atoms with Crippen LogP contribution in [0, 0.1) is 70.7 Å². The zero-order chi connectivity index (χ0) is 85.9. The first kappa shape index (κ1) is 106. The Morgan fingerprint density at radius 2 is 0.967 bits per heavy atom. The second-order valence-electron chi connectivity index (χ2n) is 24.8. The number of nitrogens with zero attached hydrogens (tertiary/aromatic N) is 14. The number of carbonyl (C=O) groups is 4. The summed E-state index contributed by atoms with van der Waals surface area (Å²) < 4.78 is 106. The first-order chi connectivity index (χ1) is 55.8. The molecule has 13 rings (SSSR count). The Bertz CT molecular complexity index is 5510. The number of nitrogen functional groups attached to an aromatic ring is 1. The van der Waals surface area contributed by atoms with E-state index in [2.05, 4.69) is 161 Å². The minimum atomic E-state index is -1.41. The Balaban J connectivity index is 0.000000701. The molecule has 628 valence electrons. The molecule has 29 nitrogen and oxygen atoms in total. The van der Waals surface area contributed by atoms with Gasteiger partial charge < -0.3 is 55.4 Å². The summed E-state index contributed by atoms with van der Waals surface area (Å²) >= 11 is 8.00. The maximum Gasteiger partial charge on any atom is 1.00 e. The number of ether oxygens (including phenoxy) is 2. The third kappa shape index (κ3) is 39.3. The first-order valence-electron chi connectivity index (χ1n) is 34.1. The summed E-state index contributed by atoms with van der Waals surface area (Å²) in [5, 5.41) is 39.8. The molecule has 11 aromatic heterocycles. The summed E-state index contributed by atoms with van der Waals surface area (Å²) in [4.78, 5) is 66.1. The Labute approximate surface area is 724 Å².